The molecule has 2 aliphatic rings. The number of anilines is 2. The van der Waals surface area contributed by atoms with Crippen LogP contribution in [0.15, 0.2) is 0 Å². The molecule has 0 amide bonds. The van der Waals surface area contributed by atoms with Crippen LogP contribution in [-0.2, 0) is 6.54 Å². The molecule has 0 spiro atoms. The highest BCUT2D eigenvalue weighted by atomic mass is 16.3. The van der Waals surface area contributed by atoms with Gasteiger partial charge in [0.1, 0.15) is 0 Å². The third kappa shape index (κ3) is 2.52. The third-order valence-electron chi connectivity index (χ3n) is 5.31. The molecule has 3 rings (SSSR count). The summed E-state index contributed by atoms with van der Waals surface area (Å²) in [5, 5.41) is 15.4. The number of aryl methyl sites for hydroxylation is 2. The zero-order valence-corrected chi connectivity index (χ0v) is 13.3. The first-order chi connectivity index (χ1) is 10.0. The van der Waals surface area contributed by atoms with Gasteiger partial charge in [0.15, 0.2) is 5.82 Å². The molecule has 2 heterocycles. The summed E-state index contributed by atoms with van der Waals surface area (Å²) in [7, 11) is 0. The van der Waals surface area contributed by atoms with Crippen molar-refractivity contribution in [3.05, 3.63) is 5.69 Å². The van der Waals surface area contributed by atoms with Gasteiger partial charge in [-0.15, -0.1) is 0 Å². The molecule has 2 unspecified atom stereocenters. The lowest BCUT2D eigenvalue weighted by Gasteiger charge is -2.48. The molecule has 118 valence electrons. The van der Waals surface area contributed by atoms with Gasteiger partial charge in [-0.2, -0.15) is 5.10 Å². The number of hydrogen-bond acceptors (Lipinski definition) is 4. The molecule has 0 aromatic carbocycles. The molecule has 1 saturated carbocycles. The van der Waals surface area contributed by atoms with Gasteiger partial charge in [0.2, 0.25) is 0 Å². The Morgan fingerprint density at radius 1 is 1.38 bits per heavy atom. The van der Waals surface area contributed by atoms with Crippen LogP contribution in [-0.4, -0.2) is 33.6 Å². The van der Waals surface area contributed by atoms with Gasteiger partial charge in [-0.25, -0.2) is 4.68 Å². The molecule has 5 nitrogen and oxygen atoms in total. The second-order valence-corrected chi connectivity index (χ2v) is 6.79. The maximum absolute atomic E-state index is 10.8. The van der Waals surface area contributed by atoms with Gasteiger partial charge in [0, 0.05) is 25.6 Å². The molecule has 0 radical (unpaired) electrons. The fraction of sp³-hybridized carbons (Fsp3) is 0.812. The summed E-state index contributed by atoms with van der Waals surface area (Å²) in [6, 6.07) is 0. The smallest absolute Gasteiger partial charge is 0.150 e. The maximum atomic E-state index is 10.8. The fourth-order valence-electron chi connectivity index (χ4n) is 4.05. The lowest BCUT2D eigenvalue weighted by Crippen LogP contribution is -2.53. The molecule has 3 N–H and O–H groups in total. The predicted molar refractivity (Wildman–Crippen MR) is 85.4 cm³/mol. The van der Waals surface area contributed by atoms with E-state index < -0.39 is 5.60 Å². The fourth-order valence-corrected chi connectivity index (χ4v) is 4.05. The van der Waals surface area contributed by atoms with E-state index in [0.717, 1.165) is 62.5 Å². The molecule has 5 heteroatoms. The Balaban J connectivity index is 1.85. The average Bonchev–Trinajstić information content (AvgIpc) is 2.74. The van der Waals surface area contributed by atoms with Crippen molar-refractivity contribution in [1.29, 1.82) is 0 Å². The highest BCUT2D eigenvalue weighted by Gasteiger charge is 2.43. The lowest BCUT2D eigenvalue weighted by molar-refractivity contribution is -0.0614. The topological polar surface area (TPSA) is 67.3 Å². The van der Waals surface area contributed by atoms with Crippen LogP contribution >= 0.6 is 0 Å². The SMILES string of the molecule is CCCn1nc(C)c(N)c1N1CCC2(O)CCCCC2C1. The van der Waals surface area contributed by atoms with Crippen molar-refractivity contribution in [1.82, 2.24) is 9.78 Å². The van der Waals surface area contributed by atoms with Crippen LogP contribution in [0.4, 0.5) is 11.5 Å². The molecule has 2 atom stereocenters. The van der Waals surface area contributed by atoms with Crippen molar-refractivity contribution in [2.75, 3.05) is 23.7 Å². The van der Waals surface area contributed by atoms with Crippen LogP contribution in [0.25, 0.3) is 0 Å². The standard InChI is InChI=1S/C16H28N4O/c1-3-9-20-15(14(17)12(2)18-20)19-10-8-16(21)7-5-4-6-13(16)11-19/h13,21H,3-11,17H2,1-2H3. The summed E-state index contributed by atoms with van der Waals surface area (Å²) in [6.45, 7) is 6.83. The number of nitrogen functional groups attached to an aromatic ring is 1. The molecular formula is C16H28N4O. The first kappa shape index (κ1) is 14.7. The first-order valence-corrected chi connectivity index (χ1v) is 8.35. The molecule has 21 heavy (non-hydrogen) atoms. The van der Waals surface area contributed by atoms with Gasteiger partial charge in [0.25, 0.3) is 0 Å². The summed E-state index contributed by atoms with van der Waals surface area (Å²) >= 11 is 0. The van der Waals surface area contributed by atoms with E-state index in [0.29, 0.717) is 5.92 Å². The molecular weight excluding hydrogens is 264 g/mol. The van der Waals surface area contributed by atoms with E-state index in [-0.39, 0.29) is 0 Å². The Labute approximate surface area is 127 Å². The molecule has 1 saturated heterocycles. The number of aromatic nitrogens is 2. The highest BCUT2D eigenvalue weighted by Crippen LogP contribution is 2.42. The lowest BCUT2D eigenvalue weighted by atomic mass is 9.71. The zero-order valence-electron chi connectivity index (χ0n) is 13.3. The van der Waals surface area contributed by atoms with Crippen molar-refractivity contribution in [2.45, 2.75) is 64.5 Å². The van der Waals surface area contributed by atoms with E-state index in [9.17, 15) is 5.11 Å². The van der Waals surface area contributed by atoms with Crippen molar-refractivity contribution in [3.8, 4) is 0 Å². The predicted octanol–water partition coefficient (Wildman–Crippen LogP) is 2.32. The highest BCUT2D eigenvalue weighted by molar-refractivity contribution is 5.66. The number of nitrogens with zero attached hydrogens (tertiary/aromatic N) is 3. The number of aliphatic hydroxyl groups is 1. The minimum atomic E-state index is -0.436. The van der Waals surface area contributed by atoms with Gasteiger partial charge in [-0.3, -0.25) is 0 Å². The molecule has 1 aliphatic carbocycles. The summed E-state index contributed by atoms with van der Waals surface area (Å²) in [6.07, 6.45) is 6.41. The molecule has 1 aromatic heterocycles. The average molecular weight is 292 g/mol. The van der Waals surface area contributed by atoms with Crippen LogP contribution in [0.3, 0.4) is 0 Å². The summed E-state index contributed by atoms with van der Waals surface area (Å²) < 4.78 is 2.05. The van der Waals surface area contributed by atoms with Crippen molar-refractivity contribution in [2.24, 2.45) is 5.92 Å². The van der Waals surface area contributed by atoms with Crippen molar-refractivity contribution in [3.63, 3.8) is 0 Å². The quantitative estimate of drug-likeness (QED) is 0.897. The van der Waals surface area contributed by atoms with Gasteiger partial charge in [0.05, 0.1) is 17.0 Å². The first-order valence-electron chi connectivity index (χ1n) is 8.35. The number of piperidine rings is 1. The second-order valence-electron chi connectivity index (χ2n) is 6.79. The number of hydrogen-bond donors (Lipinski definition) is 2. The minimum absolute atomic E-state index is 0.379. The van der Waals surface area contributed by atoms with Crippen molar-refractivity contribution < 1.29 is 5.11 Å². The van der Waals surface area contributed by atoms with Gasteiger partial charge in [-0.05, 0) is 32.6 Å². The summed E-state index contributed by atoms with van der Waals surface area (Å²) in [4.78, 5) is 2.36. The molecule has 1 aromatic rings. The van der Waals surface area contributed by atoms with E-state index in [1.54, 1.807) is 0 Å². The number of fused-ring (bicyclic) bond motifs is 1. The Morgan fingerprint density at radius 3 is 2.95 bits per heavy atom. The van der Waals surface area contributed by atoms with E-state index in [4.69, 9.17) is 5.73 Å². The normalized spacial score (nSPS) is 29.5. The maximum Gasteiger partial charge on any atom is 0.150 e. The monoisotopic (exact) mass is 292 g/mol. The van der Waals surface area contributed by atoms with E-state index >= 15 is 0 Å². The van der Waals surface area contributed by atoms with E-state index in [2.05, 4.69) is 21.6 Å². The van der Waals surface area contributed by atoms with Gasteiger partial charge >= 0.3 is 0 Å². The Kier molecular flexibility index (Phi) is 3.86. The van der Waals surface area contributed by atoms with Gasteiger partial charge < -0.3 is 15.7 Å². The summed E-state index contributed by atoms with van der Waals surface area (Å²) in [5.41, 5.74) is 7.57. The Morgan fingerprint density at radius 2 is 2.19 bits per heavy atom. The van der Waals surface area contributed by atoms with Gasteiger partial charge in [-0.1, -0.05) is 19.8 Å². The number of rotatable bonds is 3. The van der Waals surface area contributed by atoms with E-state index in [1.807, 2.05) is 6.92 Å². The summed E-state index contributed by atoms with van der Waals surface area (Å²) in [5.74, 6) is 1.45. The van der Waals surface area contributed by atoms with Crippen molar-refractivity contribution >= 4 is 11.5 Å². The van der Waals surface area contributed by atoms with Crippen LogP contribution < -0.4 is 10.6 Å². The number of nitrogens with two attached hydrogens (primary N) is 1. The van der Waals surface area contributed by atoms with Crippen LogP contribution in [0.5, 0.6) is 0 Å². The van der Waals surface area contributed by atoms with Crippen LogP contribution in [0.1, 0.15) is 51.1 Å². The molecule has 2 fully saturated rings. The Bertz CT molecular complexity index is 513. The van der Waals surface area contributed by atoms with E-state index in [1.165, 1.54) is 12.8 Å². The van der Waals surface area contributed by atoms with Crippen LogP contribution in [0, 0.1) is 12.8 Å². The molecule has 0 bridgehead atoms. The second kappa shape index (κ2) is 5.52. The molecule has 1 aliphatic heterocycles. The minimum Gasteiger partial charge on any atom is -0.394 e. The Hall–Kier alpha value is -1.23. The third-order valence-corrected chi connectivity index (χ3v) is 5.31. The van der Waals surface area contributed by atoms with Crippen LogP contribution in [0.2, 0.25) is 0 Å². The largest absolute Gasteiger partial charge is 0.394 e. The zero-order chi connectivity index (χ0) is 15.0.